The molecule has 3 heterocycles. The van der Waals surface area contributed by atoms with Crippen LogP contribution in [-0.4, -0.2) is 19.9 Å². The Morgan fingerprint density at radius 2 is 1.08 bits per heavy atom. The Hall–Kier alpha value is -4.96. The van der Waals surface area contributed by atoms with Crippen LogP contribution in [0.3, 0.4) is 0 Å². The summed E-state index contributed by atoms with van der Waals surface area (Å²) < 4.78 is 0. The topological polar surface area (TPSA) is 51.6 Å². The lowest BCUT2D eigenvalue weighted by Crippen LogP contribution is -1.96. The zero-order chi connectivity index (χ0) is 23.9. The van der Waals surface area contributed by atoms with Gasteiger partial charge in [0, 0.05) is 40.7 Å². The fourth-order valence-electron chi connectivity index (χ4n) is 4.68. The summed E-state index contributed by atoms with van der Waals surface area (Å²) in [6.07, 6.45) is 5.42. The molecule has 7 rings (SSSR count). The summed E-state index contributed by atoms with van der Waals surface area (Å²) in [5.74, 6) is 0.664. The van der Waals surface area contributed by atoms with Crippen molar-refractivity contribution >= 4 is 32.4 Å². The van der Waals surface area contributed by atoms with Crippen LogP contribution in [0.25, 0.3) is 66.4 Å². The van der Waals surface area contributed by atoms with E-state index in [9.17, 15) is 0 Å². The summed E-state index contributed by atoms with van der Waals surface area (Å²) in [5, 5.41) is 5.94. The van der Waals surface area contributed by atoms with Crippen LogP contribution in [0.2, 0.25) is 0 Å². The van der Waals surface area contributed by atoms with E-state index in [-0.39, 0.29) is 0 Å². The molecule has 7 aromatic rings. The number of para-hydroxylation sites is 1. The molecule has 0 radical (unpaired) electrons. The molecule has 0 amide bonds. The Morgan fingerprint density at radius 1 is 0.444 bits per heavy atom. The molecular formula is C32H20N4. The van der Waals surface area contributed by atoms with E-state index in [1.165, 1.54) is 21.5 Å². The molecule has 0 saturated heterocycles. The third kappa shape index (κ3) is 3.65. The number of benzene rings is 4. The second kappa shape index (κ2) is 8.36. The average Bonchev–Trinajstić information content (AvgIpc) is 2.95. The van der Waals surface area contributed by atoms with Crippen molar-refractivity contribution in [3.05, 3.63) is 122 Å². The van der Waals surface area contributed by atoms with E-state index in [1.54, 1.807) is 12.4 Å². The van der Waals surface area contributed by atoms with Gasteiger partial charge in [-0.2, -0.15) is 0 Å². The van der Waals surface area contributed by atoms with Crippen molar-refractivity contribution < 1.29 is 0 Å². The molecule has 0 aliphatic carbocycles. The largest absolute Gasteiger partial charge is 0.265 e. The van der Waals surface area contributed by atoms with E-state index in [0.717, 1.165) is 39.0 Å². The third-order valence-corrected chi connectivity index (χ3v) is 6.55. The lowest BCUT2D eigenvalue weighted by atomic mass is 10.00. The van der Waals surface area contributed by atoms with Gasteiger partial charge in [-0.25, -0.2) is 9.97 Å². The van der Waals surface area contributed by atoms with Gasteiger partial charge in [-0.15, -0.1) is 0 Å². The summed E-state index contributed by atoms with van der Waals surface area (Å²) in [7, 11) is 0. The van der Waals surface area contributed by atoms with Crippen molar-refractivity contribution in [3.63, 3.8) is 0 Å². The van der Waals surface area contributed by atoms with Gasteiger partial charge in [-0.05, 0) is 70.1 Å². The normalized spacial score (nSPS) is 11.3. The van der Waals surface area contributed by atoms with E-state index in [4.69, 9.17) is 9.97 Å². The monoisotopic (exact) mass is 460 g/mol. The van der Waals surface area contributed by atoms with Gasteiger partial charge in [0.05, 0.1) is 16.9 Å². The van der Waals surface area contributed by atoms with Crippen LogP contribution < -0.4 is 0 Å². The van der Waals surface area contributed by atoms with Crippen molar-refractivity contribution in [2.24, 2.45) is 0 Å². The van der Waals surface area contributed by atoms with Crippen LogP contribution in [0.4, 0.5) is 0 Å². The van der Waals surface area contributed by atoms with Gasteiger partial charge >= 0.3 is 0 Å². The molecular weight excluding hydrogens is 440 g/mol. The van der Waals surface area contributed by atoms with E-state index in [1.807, 2.05) is 36.5 Å². The molecule has 0 atom stereocenters. The van der Waals surface area contributed by atoms with Gasteiger partial charge in [0.1, 0.15) is 0 Å². The SMILES string of the molecule is c1ccc2cc3cc(-c4cc(-c5cnc6ccccc6c5)nc(-c5ccncc5)n4)ccc3cc2c1. The van der Waals surface area contributed by atoms with Gasteiger partial charge in [-0.3, -0.25) is 9.97 Å². The molecule has 0 bridgehead atoms. The predicted octanol–water partition coefficient (Wildman–Crippen LogP) is 7.73. The third-order valence-electron chi connectivity index (χ3n) is 6.55. The van der Waals surface area contributed by atoms with Crippen molar-refractivity contribution in [3.8, 4) is 33.9 Å². The molecule has 36 heavy (non-hydrogen) atoms. The number of fused-ring (bicyclic) bond motifs is 3. The Morgan fingerprint density at radius 3 is 1.89 bits per heavy atom. The summed E-state index contributed by atoms with van der Waals surface area (Å²) in [4.78, 5) is 18.7. The van der Waals surface area contributed by atoms with Crippen LogP contribution >= 0.6 is 0 Å². The summed E-state index contributed by atoms with van der Waals surface area (Å²) >= 11 is 0. The lowest BCUT2D eigenvalue weighted by Gasteiger charge is -2.11. The van der Waals surface area contributed by atoms with Gasteiger partial charge in [0.25, 0.3) is 0 Å². The van der Waals surface area contributed by atoms with Crippen LogP contribution in [0.1, 0.15) is 0 Å². The number of aromatic nitrogens is 4. The maximum atomic E-state index is 4.97. The maximum absolute atomic E-state index is 4.97. The minimum absolute atomic E-state index is 0.664. The average molecular weight is 461 g/mol. The molecule has 4 aromatic carbocycles. The Bertz CT molecular complexity index is 1890. The standard InChI is InChI=1S/C32H20N4/c1-2-6-23-16-27-17-26(10-9-24(27)15-22(23)5-1)30-19-31(36-32(35-30)21-11-13-33-14-12-21)28-18-25-7-3-4-8-29(25)34-20-28/h1-20H. The molecule has 4 nitrogen and oxygen atoms in total. The quantitative estimate of drug-likeness (QED) is 0.253. The van der Waals surface area contributed by atoms with Crippen molar-refractivity contribution in [1.29, 1.82) is 0 Å². The predicted molar refractivity (Wildman–Crippen MR) is 146 cm³/mol. The highest BCUT2D eigenvalue weighted by Gasteiger charge is 2.12. The second-order valence-electron chi connectivity index (χ2n) is 8.88. The first-order valence-corrected chi connectivity index (χ1v) is 11.9. The highest BCUT2D eigenvalue weighted by Crippen LogP contribution is 2.31. The Balaban J connectivity index is 1.43. The zero-order valence-electron chi connectivity index (χ0n) is 19.3. The van der Waals surface area contributed by atoms with Crippen molar-refractivity contribution in [2.75, 3.05) is 0 Å². The van der Waals surface area contributed by atoms with Crippen LogP contribution in [0.15, 0.2) is 122 Å². The summed E-state index contributed by atoms with van der Waals surface area (Å²) in [6.45, 7) is 0. The number of hydrogen-bond acceptors (Lipinski definition) is 4. The fraction of sp³-hybridized carbons (Fsp3) is 0. The van der Waals surface area contributed by atoms with Crippen LogP contribution in [0, 0.1) is 0 Å². The molecule has 168 valence electrons. The first kappa shape index (κ1) is 20.4. The number of nitrogens with zero attached hydrogens (tertiary/aromatic N) is 4. The molecule has 0 spiro atoms. The lowest BCUT2D eigenvalue weighted by molar-refractivity contribution is 1.17. The zero-order valence-corrected chi connectivity index (χ0v) is 19.3. The van der Waals surface area contributed by atoms with Crippen molar-refractivity contribution in [2.45, 2.75) is 0 Å². The Kier molecular flexibility index (Phi) is 4.74. The smallest absolute Gasteiger partial charge is 0.160 e. The van der Waals surface area contributed by atoms with E-state index >= 15 is 0 Å². The fourth-order valence-corrected chi connectivity index (χ4v) is 4.68. The van der Waals surface area contributed by atoms with E-state index < -0.39 is 0 Å². The number of hydrogen-bond donors (Lipinski definition) is 0. The van der Waals surface area contributed by atoms with Crippen LogP contribution in [0.5, 0.6) is 0 Å². The van der Waals surface area contributed by atoms with E-state index in [0.29, 0.717) is 5.82 Å². The van der Waals surface area contributed by atoms with E-state index in [2.05, 4.69) is 82.8 Å². The van der Waals surface area contributed by atoms with Crippen LogP contribution in [-0.2, 0) is 0 Å². The van der Waals surface area contributed by atoms with Gasteiger partial charge in [0.15, 0.2) is 5.82 Å². The van der Waals surface area contributed by atoms with Gasteiger partial charge in [-0.1, -0.05) is 54.6 Å². The molecule has 0 fully saturated rings. The second-order valence-corrected chi connectivity index (χ2v) is 8.88. The van der Waals surface area contributed by atoms with Gasteiger partial charge < -0.3 is 0 Å². The molecule has 0 saturated carbocycles. The molecule has 3 aromatic heterocycles. The maximum Gasteiger partial charge on any atom is 0.160 e. The van der Waals surface area contributed by atoms with Gasteiger partial charge in [0.2, 0.25) is 0 Å². The summed E-state index contributed by atoms with van der Waals surface area (Å²) in [6, 6.07) is 35.6. The minimum Gasteiger partial charge on any atom is -0.265 e. The molecule has 0 unspecified atom stereocenters. The molecule has 4 heteroatoms. The number of pyridine rings is 2. The Labute approximate surface area is 208 Å². The van der Waals surface area contributed by atoms with Crippen molar-refractivity contribution in [1.82, 2.24) is 19.9 Å². The molecule has 0 aliphatic rings. The number of rotatable bonds is 3. The summed E-state index contributed by atoms with van der Waals surface area (Å²) in [5.41, 5.74) is 5.60. The highest BCUT2D eigenvalue weighted by atomic mass is 14.9. The molecule has 0 N–H and O–H groups in total. The highest BCUT2D eigenvalue weighted by molar-refractivity contribution is 5.99. The first-order chi connectivity index (χ1) is 17.8. The first-order valence-electron chi connectivity index (χ1n) is 11.9. The minimum atomic E-state index is 0.664. The molecule has 0 aliphatic heterocycles.